The predicted octanol–water partition coefficient (Wildman–Crippen LogP) is 4.98. The molecule has 0 spiro atoms. The Morgan fingerprint density at radius 1 is 1.15 bits per heavy atom. The first kappa shape index (κ1) is 18.4. The van der Waals surface area contributed by atoms with Crippen LogP contribution in [0, 0.1) is 0 Å². The van der Waals surface area contributed by atoms with Crippen LogP contribution in [-0.2, 0) is 6.54 Å². The van der Waals surface area contributed by atoms with Crippen LogP contribution in [0.25, 0.3) is 11.5 Å². The van der Waals surface area contributed by atoms with Crippen LogP contribution in [0.1, 0.15) is 31.3 Å². The Balaban J connectivity index is 1.67. The fourth-order valence-electron chi connectivity index (χ4n) is 2.61. The van der Waals surface area contributed by atoms with Crippen molar-refractivity contribution in [3.8, 4) is 17.2 Å². The van der Waals surface area contributed by atoms with Crippen LogP contribution in [0.2, 0.25) is 5.02 Å². The SMILES string of the molecule is CCOc1ccc(CN(C)C(C)c2nnc(-c3cccc(Cl)c3)o2)cc1. The molecule has 0 saturated carbocycles. The molecule has 0 bridgehead atoms. The molecule has 1 atom stereocenters. The normalized spacial score (nSPS) is 12.3. The van der Waals surface area contributed by atoms with Crippen molar-refractivity contribution in [1.29, 1.82) is 0 Å². The Labute approximate surface area is 158 Å². The third-order valence-corrected chi connectivity index (χ3v) is 4.43. The lowest BCUT2D eigenvalue weighted by molar-refractivity contribution is 0.218. The first-order valence-corrected chi connectivity index (χ1v) is 8.96. The Kier molecular flexibility index (Phi) is 5.91. The van der Waals surface area contributed by atoms with Gasteiger partial charge in [-0.2, -0.15) is 0 Å². The molecule has 0 fully saturated rings. The molecule has 2 aromatic carbocycles. The van der Waals surface area contributed by atoms with Crippen LogP contribution in [0.5, 0.6) is 5.75 Å². The van der Waals surface area contributed by atoms with Crippen molar-refractivity contribution >= 4 is 11.6 Å². The second-order valence-electron chi connectivity index (χ2n) is 6.12. The molecule has 1 heterocycles. The van der Waals surface area contributed by atoms with Crippen molar-refractivity contribution in [1.82, 2.24) is 15.1 Å². The number of ether oxygens (including phenoxy) is 1. The topological polar surface area (TPSA) is 51.4 Å². The summed E-state index contributed by atoms with van der Waals surface area (Å²) in [6, 6.07) is 15.5. The summed E-state index contributed by atoms with van der Waals surface area (Å²) in [4.78, 5) is 2.16. The van der Waals surface area contributed by atoms with Gasteiger partial charge < -0.3 is 9.15 Å². The summed E-state index contributed by atoms with van der Waals surface area (Å²) < 4.78 is 11.3. The number of benzene rings is 2. The number of aromatic nitrogens is 2. The van der Waals surface area contributed by atoms with E-state index in [2.05, 4.69) is 27.2 Å². The van der Waals surface area contributed by atoms with Gasteiger partial charge in [0.15, 0.2) is 0 Å². The fourth-order valence-corrected chi connectivity index (χ4v) is 2.80. The lowest BCUT2D eigenvalue weighted by Crippen LogP contribution is -2.22. The van der Waals surface area contributed by atoms with E-state index >= 15 is 0 Å². The quantitative estimate of drug-likeness (QED) is 0.586. The zero-order valence-electron chi connectivity index (χ0n) is 15.1. The minimum atomic E-state index is -0.0120. The summed E-state index contributed by atoms with van der Waals surface area (Å²) in [6.07, 6.45) is 0. The van der Waals surface area contributed by atoms with Gasteiger partial charge in [-0.25, -0.2) is 0 Å². The predicted molar refractivity (Wildman–Crippen MR) is 102 cm³/mol. The molecule has 136 valence electrons. The van der Waals surface area contributed by atoms with E-state index in [1.165, 1.54) is 5.56 Å². The minimum Gasteiger partial charge on any atom is -0.494 e. The summed E-state index contributed by atoms with van der Waals surface area (Å²) in [5.41, 5.74) is 2.01. The van der Waals surface area contributed by atoms with Crippen LogP contribution in [0.4, 0.5) is 0 Å². The van der Waals surface area contributed by atoms with E-state index in [4.69, 9.17) is 20.8 Å². The van der Waals surface area contributed by atoms with Gasteiger partial charge in [-0.3, -0.25) is 4.90 Å². The van der Waals surface area contributed by atoms with Gasteiger partial charge in [0.25, 0.3) is 0 Å². The van der Waals surface area contributed by atoms with Crippen molar-refractivity contribution in [2.75, 3.05) is 13.7 Å². The molecule has 6 heteroatoms. The van der Waals surface area contributed by atoms with E-state index in [1.807, 2.05) is 57.3 Å². The largest absolute Gasteiger partial charge is 0.494 e. The first-order valence-electron chi connectivity index (χ1n) is 8.58. The molecule has 1 unspecified atom stereocenters. The molecule has 5 nitrogen and oxygen atoms in total. The maximum Gasteiger partial charge on any atom is 0.247 e. The number of nitrogens with zero attached hydrogens (tertiary/aromatic N) is 3. The smallest absolute Gasteiger partial charge is 0.247 e. The van der Waals surface area contributed by atoms with E-state index in [9.17, 15) is 0 Å². The first-order chi connectivity index (χ1) is 12.6. The zero-order valence-corrected chi connectivity index (χ0v) is 15.9. The molecule has 0 aliphatic carbocycles. The lowest BCUT2D eigenvalue weighted by Gasteiger charge is -2.21. The molecule has 3 aromatic rings. The standard InChI is InChI=1S/C20H22ClN3O2/c1-4-25-18-10-8-15(9-11-18)13-24(3)14(2)19-22-23-20(26-19)16-6-5-7-17(21)12-16/h5-12,14H,4,13H2,1-3H3. The van der Waals surface area contributed by atoms with Gasteiger partial charge in [0.1, 0.15) is 5.75 Å². The van der Waals surface area contributed by atoms with Crippen LogP contribution < -0.4 is 4.74 Å². The molecule has 0 amide bonds. The van der Waals surface area contributed by atoms with Crippen molar-refractivity contribution in [2.45, 2.75) is 26.4 Å². The minimum absolute atomic E-state index is 0.0120. The van der Waals surface area contributed by atoms with Gasteiger partial charge in [-0.1, -0.05) is 29.8 Å². The highest BCUT2D eigenvalue weighted by atomic mass is 35.5. The molecule has 26 heavy (non-hydrogen) atoms. The summed E-state index contributed by atoms with van der Waals surface area (Å²) in [7, 11) is 2.03. The number of halogens is 1. The second kappa shape index (κ2) is 8.34. The summed E-state index contributed by atoms with van der Waals surface area (Å²) in [5, 5.41) is 9.00. The van der Waals surface area contributed by atoms with E-state index in [0.717, 1.165) is 17.9 Å². The van der Waals surface area contributed by atoms with Crippen molar-refractivity contribution in [3.05, 3.63) is 65.0 Å². The maximum absolute atomic E-state index is 6.03. The molecule has 1 aromatic heterocycles. The van der Waals surface area contributed by atoms with E-state index in [-0.39, 0.29) is 6.04 Å². The molecule has 3 rings (SSSR count). The molecule has 0 radical (unpaired) electrons. The van der Waals surface area contributed by atoms with E-state index < -0.39 is 0 Å². The average Bonchev–Trinajstić information content (AvgIpc) is 3.13. The molecule has 0 saturated heterocycles. The second-order valence-corrected chi connectivity index (χ2v) is 6.56. The van der Waals surface area contributed by atoms with E-state index in [1.54, 1.807) is 0 Å². The third kappa shape index (κ3) is 4.42. The summed E-state index contributed by atoms with van der Waals surface area (Å²) in [6.45, 7) is 5.46. The van der Waals surface area contributed by atoms with Gasteiger partial charge in [-0.15, -0.1) is 10.2 Å². The summed E-state index contributed by atoms with van der Waals surface area (Å²) >= 11 is 6.03. The Morgan fingerprint density at radius 2 is 1.92 bits per heavy atom. The van der Waals surface area contributed by atoms with Crippen molar-refractivity contribution in [3.63, 3.8) is 0 Å². The number of hydrogen-bond acceptors (Lipinski definition) is 5. The Morgan fingerprint density at radius 3 is 2.62 bits per heavy atom. The maximum atomic E-state index is 6.03. The van der Waals surface area contributed by atoms with Gasteiger partial charge in [-0.05, 0) is 56.8 Å². The lowest BCUT2D eigenvalue weighted by atomic mass is 10.2. The zero-order chi connectivity index (χ0) is 18.5. The highest BCUT2D eigenvalue weighted by Gasteiger charge is 2.19. The highest BCUT2D eigenvalue weighted by molar-refractivity contribution is 6.30. The highest BCUT2D eigenvalue weighted by Crippen LogP contribution is 2.26. The van der Waals surface area contributed by atoms with Crippen LogP contribution in [-0.4, -0.2) is 28.8 Å². The monoisotopic (exact) mass is 371 g/mol. The molecule has 0 aliphatic rings. The van der Waals surface area contributed by atoms with Gasteiger partial charge in [0, 0.05) is 17.1 Å². The molecule has 0 aliphatic heterocycles. The molecular weight excluding hydrogens is 350 g/mol. The number of hydrogen-bond donors (Lipinski definition) is 0. The number of rotatable bonds is 7. The van der Waals surface area contributed by atoms with E-state index in [0.29, 0.717) is 23.4 Å². The van der Waals surface area contributed by atoms with Gasteiger partial charge in [0.05, 0.1) is 12.6 Å². The van der Waals surface area contributed by atoms with Gasteiger partial charge >= 0.3 is 0 Å². The van der Waals surface area contributed by atoms with Crippen LogP contribution in [0.3, 0.4) is 0 Å². The molecule has 0 N–H and O–H groups in total. The van der Waals surface area contributed by atoms with Gasteiger partial charge in [0.2, 0.25) is 11.8 Å². The van der Waals surface area contributed by atoms with Crippen molar-refractivity contribution < 1.29 is 9.15 Å². The summed E-state index contributed by atoms with van der Waals surface area (Å²) in [5.74, 6) is 1.94. The average molecular weight is 372 g/mol. The van der Waals surface area contributed by atoms with Crippen LogP contribution >= 0.6 is 11.6 Å². The van der Waals surface area contributed by atoms with Crippen molar-refractivity contribution in [2.24, 2.45) is 0 Å². The fraction of sp³-hybridized carbons (Fsp3) is 0.300. The van der Waals surface area contributed by atoms with Crippen LogP contribution in [0.15, 0.2) is 52.9 Å². The Bertz CT molecular complexity index is 848. The Hall–Kier alpha value is -2.37. The third-order valence-electron chi connectivity index (χ3n) is 4.20. The molecular formula is C20H22ClN3O2.